The van der Waals surface area contributed by atoms with Gasteiger partial charge in [-0.15, -0.1) is 0 Å². The Bertz CT molecular complexity index is 906. The monoisotopic (exact) mass is 355 g/mol. The van der Waals surface area contributed by atoms with Gasteiger partial charge in [-0.05, 0) is 36.8 Å². The summed E-state index contributed by atoms with van der Waals surface area (Å²) in [6.45, 7) is 3.03. The molecule has 5 heteroatoms. The fraction of sp³-hybridized carbons (Fsp3) is 0.250. The van der Waals surface area contributed by atoms with Crippen LogP contribution in [0, 0.1) is 0 Å². The number of furan rings is 1. The van der Waals surface area contributed by atoms with Crippen molar-refractivity contribution < 1.29 is 13.9 Å². The summed E-state index contributed by atoms with van der Waals surface area (Å²) in [7, 11) is 0. The van der Waals surface area contributed by atoms with Crippen LogP contribution < -0.4 is 0 Å². The Hall–Kier alpha value is -2.30. The fourth-order valence-electron chi connectivity index (χ4n) is 3.24. The summed E-state index contributed by atoms with van der Waals surface area (Å²) in [5.74, 6) is 0.210. The molecule has 1 saturated heterocycles. The van der Waals surface area contributed by atoms with Crippen LogP contribution in [0.4, 0.5) is 0 Å². The van der Waals surface area contributed by atoms with E-state index in [1.807, 2.05) is 37.3 Å². The number of carbonyl (C=O) groups is 1. The molecular weight excluding hydrogens is 338 g/mol. The van der Waals surface area contributed by atoms with Gasteiger partial charge in [0.05, 0.1) is 12.6 Å². The molecule has 0 spiro atoms. The summed E-state index contributed by atoms with van der Waals surface area (Å²) in [4.78, 5) is 14.7. The predicted octanol–water partition coefficient (Wildman–Crippen LogP) is 4.69. The molecule has 0 radical (unpaired) electrons. The van der Waals surface area contributed by atoms with Crippen LogP contribution >= 0.6 is 11.6 Å². The van der Waals surface area contributed by atoms with Gasteiger partial charge in [-0.3, -0.25) is 4.79 Å². The van der Waals surface area contributed by atoms with Crippen LogP contribution in [0.3, 0.4) is 0 Å². The van der Waals surface area contributed by atoms with Crippen LogP contribution in [-0.4, -0.2) is 30.0 Å². The molecule has 1 aliphatic rings. The Kier molecular flexibility index (Phi) is 4.24. The highest BCUT2D eigenvalue weighted by molar-refractivity contribution is 6.31. The molecule has 4 rings (SSSR count). The van der Waals surface area contributed by atoms with Crippen molar-refractivity contribution in [1.82, 2.24) is 4.90 Å². The zero-order valence-corrected chi connectivity index (χ0v) is 14.6. The average molecular weight is 356 g/mol. The lowest BCUT2D eigenvalue weighted by atomic mass is 10.1. The number of hydrogen-bond acceptors (Lipinski definition) is 3. The third kappa shape index (κ3) is 3.28. The summed E-state index contributed by atoms with van der Waals surface area (Å²) < 4.78 is 11.7. The summed E-state index contributed by atoms with van der Waals surface area (Å²) in [5, 5.41) is 1.45. The molecule has 0 aliphatic carbocycles. The van der Waals surface area contributed by atoms with E-state index in [1.54, 1.807) is 29.2 Å². The second-order valence-electron chi connectivity index (χ2n) is 6.35. The van der Waals surface area contributed by atoms with Crippen molar-refractivity contribution in [2.24, 2.45) is 0 Å². The van der Waals surface area contributed by atoms with Gasteiger partial charge in [0, 0.05) is 17.0 Å². The van der Waals surface area contributed by atoms with Crippen molar-refractivity contribution >= 4 is 28.5 Å². The van der Waals surface area contributed by atoms with Crippen LogP contribution in [0.2, 0.25) is 5.02 Å². The van der Waals surface area contributed by atoms with Crippen molar-refractivity contribution in [3.8, 4) is 0 Å². The molecule has 0 N–H and O–H groups in total. The number of carbonyl (C=O) groups excluding carboxylic acids is 1. The third-order valence-corrected chi connectivity index (χ3v) is 4.64. The molecule has 25 heavy (non-hydrogen) atoms. The molecule has 1 aromatic heterocycles. The van der Waals surface area contributed by atoms with Crippen LogP contribution in [-0.2, 0) is 4.74 Å². The van der Waals surface area contributed by atoms with E-state index in [4.69, 9.17) is 20.8 Å². The minimum absolute atomic E-state index is 0.0401. The lowest BCUT2D eigenvalue weighted by Gasteiger charge is -2.36. The maximum absolute atomic E-state index is 12.9. The van der Waals surface area contributed by atoms with E-state index in [2.05, 4.69) is 0 Å². The molecule has 4 nitrogen and oxygen atoms in total. The minimum atomic E-state index is -0.132. The van der Waals surface area contributed by atoms with Crippen LogP contribution in [0.15, 0.2) is 59.0 Å². The maximum Gasteiger partial charge on any atom is 0.289 e. The number of hydrogen-bond donors (Lipinski definition) is 0. The van der Waals surface area contributed by atoms with Crippen molar-refractivity contribution in [3.63, 3.8) is 0 Å². The van der Waals surface area contributed by atoms with Crippen LogP contribution in [0.5, 0.6) is 0 Å². The molecule has 0 unspecified atom stereocenters. The van der Waals surface area contributed by atoms with Gasteiger partial charge in [0.1, 0.15) is 11.7 Å². The molecule has 1 fully saturated rings. The lowest BCUT2D eigenvalue weighted by molar-refractivity contribution is -0.0697. The number of rotatable bonds is 2. The van der Waals surface area contributed by atoms with Gasteiger partial charge in [0.2, 0.25) is 0 Å². The maximum atomic E-state index is 12.9. The first-order valence-electron chi connectivity index (χ1n) is 8.29. The minimum Gasteiger partial charge on any atom is -0.451 e. The smallest absolute Gasteiger partial charge is 0.289 e. The predicted molar refractivity (Wildman–Crippen MR) is 96.9 cm³/mol. The number of fused-ring (bicyclic) bond motifs is 1. The number of ether oxygens (including phenoxy) is 1. The molecule has 2 heterocycles. The van der Waals surface area contributed by atoms with Gasteiger partial charge in [-0.25, -0.2) is 0 Å². The first-order valence-corrected chi connectivity index (χ1v) is 8.67. The Morgan fingerprint density at radius 3 is 2.72 bits per heavy atom. The van der Waals surface area contributed by atoms with E-state index in [0.29, 0.717) is 29.5 Å². The standard InChI is InChI=1S/C20H18ClNO3/c1-13-11-22(12-19(24-13)14-5-3-2-4-6-14)20(23)18-10-15-9-16(21)7-8-17(15)25-18/h2-10,13,19H,11-12H2,1H3/t13-,19-/m0/s1. The molecule has 1 aliphatic heterocycles. The fourth-order valence-corrected chi connectivity index (χ4v) is 3.43. The Morgan fingerprint density at radius 2 is 1.92 bits per heavy atom. The molecule has 0 saturated carbocycles. The lowest BCUT2D eigenvalue weighted by Crippen LogP contribution is -2.45. The van der Waals surface area contributed by atoms with Crippen molar-refractivity contribution in [2.75, 3.05) is 13.1 Å². The number of benzene rings is 2. The third-order valence-electron chi connectivity index (χ3n) is 4.41. The summed E-state index contributed by atoms with van der Waals surface area (Å²) >= 11 is 6.01. The largest absolute Gasteiger partial charge is 0.451 e. The van der Waals surface area contributed by atoms with Gasteiger partial charge in [-0.2, -0.15) is 0 Å². The number of nitrogens with zero attached hydrogens (tertiary/aromatic N) is 1. The Balaban J connectivity index is 1.59. The average Bonchev–Trinajstić information content (AvgIpc) is 3.04. The SMILES string of the molecule is C[C@H]1CN(C(=O)c2cc3cc(Cl)ccc3o2)C[C@@H](c2ccccc2)O1. The number of amides is 1. The molecule has 2 atom stereocenters. The van der Waals surface area contributed by atoms with E-state index in [9.17, 15) is 4.79 Å². The highest BCUT2D eigenvalue weighted by Gasteiger charge is 2.31. The van der Waals surface area contributed by atoms with Crippen molar-refractivity contribution in [1.29, 1.82) is 0 Å². The van der Waals surface area contributed by atoms with Crippen LogP contribution in [0.25, 0.3) is 11.0 Å². The molecular formula is C20H18ClNO3. The van der Waals surface area contributed by atoms with E-state index >= 15 is 0 Å². The van der Waals surface area contributed by atoms with Gasteiger partial charge in [0.15, 0.2) is 5.76 Å². The van der Waals surface area contributed by atoms with Gasteiger partial charge >= 0.3 is 0 Å². The Labute approximate surface area is 150 Å². The number of halogens is 1. The van der Waals surface area contributed by atoms with E-state index in [1.165, 1.54) is 0 Å². The molecule has 128 valence electrons. The summed E-state index contributed by atoms with van der Waals surface area (Å²) in [6.07, 6.45) is -0.172. The van der Waals surface area contributed by atoms with Crippen molar-refractivity contribution in [2.45, 2.75) is 19.1 Å². The zero-order valence-electron chi connectivity index (χ0n) is 13.8. The molecule has 0 bridgehead atoms. The topological polar surface area (TPSA) is 42.7 Å². The van der Waals surface area contributed by atoms with Crippen molar-refractivity contribution in [3.05, 3.63) is 70.9 Å². The number of morpholine rings is 1. The second kappa shape index (κ2) is 6.54. The van der Waals surface area contributed by atoms with E-state index in [-0.39, 0.29) is 18.1 Å². The van der Waals surface area contributed by atoms with Gasteiger partial charge < -0.3 is 14.1 Å². The highest BCUT2D eigenvalue weighted by Crippen LogP contribution is 2.28. The summed E-state index contributed by atoms with van der Waals surface area (Å²) in [5.41, 5.74) is 1.73. The van der Waals surface area contributed by atoms with Gasteiger partial charge in [0.25, 0.3) is 5.91 Å². The second-order valence-corrected chi connectivity index (χ2v) is 6.79. The van der Waals surface area contributed by atoms with Gasteiger partial charge in [-0.1, -0.05) is 41.9 Å². The van der Waals surface area contributed by atoms with Crippen LogP contribution in [0.1, 0.15) is 29.1 Å². The quantitative estimate of drug-likeness (QED) is 0.669. The van der Waals surface area contributed by atoms with E-state index < -0.39 is 0 Å². The first-order chi connectivity index (χ1) is 12.1. The van der Waals surface area contributed by atoms with E-state index in [0.717, 1.165) is 10.9 Å². The first kappa shape index (κ1) is 16.2. The molecule has 3 aromatic rings. The highest BCUT2D eigenvalue weighted by atomic mass is 35.5. The molecule has 1 amide bonds. The Morgan fingerprint density at radius 1 is 1.12 bits per heavy atom. The zero-order chi connectivity index (χ0) is 17.4. The summed E-state index contributed by atoms with van der Waals surface area (Å²) in [6, 6.07) is 17.1. The molecule has 2 aromatic carbocycles. The normalized spacial score (nSPS) is 20.8.